The number of nitrogens with zero attached hydrogens (tertiary/aromatic N) is 1. The third kappa shape index (κ3) is 4.05. The van der Waals surface area contributed by atoms with E-state index in [0.29, 0.717) is 36.6 Å². The van der Waals surface area contributed by atoms with Gasteiger partial charge in [0.1, 0.15) is 6.17 Å². The van der Waals surface area contributed by atoms with Gasteiger partial charge in [-0.15, -0.1) is 0 Å². The van der Waals surface area contributed by atoms with E-state index in [-0.39, 0.29) is 23.5 Å². The van der Waals surface area contributed by atoms with Crippen LogP contribution in [0.5, 0.6) is 11.5 Å². The van der Waals surface area contributed by atoms with Crippen molar-refractivity contribution < 1.29 is 27.8 Å². The largest absolute Gasteiger partial charge is 0.490 e. The number of rotatable bonds is 7. The van der Waals surface area contributed by atoms with Crippen molar-refractivity contribution in [3.8, 4) is 11.5 Å². The zero-order valence-corrected chi connectivity index (χ0v) is 16.6. The summed E-state index contributed by atoms with van der Waals surface area (Å²) in [5, 5.41) is 3.32. The van der Waals surface area contributed by atoms with E-state index in [9.17, 15) is 13.6 Å². The summed E-state index contributed by atoms with van der Waals surface area (Å²) in [6, 6.07) is 12.1. The van der Waals surface area contributed by atoms with Crippen LogP contribution in [0.4, 0.5) is 14.5 Å². The predicted octanol–water partition coefficient (Wildman–Crippen LogP) is 4.43. The molecule has 0 bridgehead atoms. The molecule has 2 unspecified atom stereocenters. The Kier molecular flexibility index (Phi) is 6.03. The topological polar surface area (TPSA) is 60.0 Å². The molecule has 160 valence electrons. The summed E-state index contributed by atoms with van der Waals surface area (Å²) in [6.45, 7) is 0.0335. The highest BCUT2D eigenvalue weighted by Gasteiger charge is 2.37. The van der Waals surface area contributed by atoms with Crippen LogP contribution in [0.3, 0.4) is 0 Å². The van der Waals surface area contributed by atoms with Gasteiger partial charge in [-0.1, -0.05) is 24.3 Å². The zero-order valence-electron chi connectivity index (χ0n) is 16.6. The molecule has 4 rings (SSSR count). The Labute approximate surface area is 173 Å². The molecule has 8 heteroatoms. The highest BCUT2D eigenvalue weighted by atomic mass is 19.3. The van der Waals surface area contributed by atoms with Crippen LogP contribution >= 0.6 is 0 Å². The molecule has 1 fully saturated rings. The lowest BCUT2D eigenvalue weighted by Crippen LogP contribution is -2.46. The second-order valence-corrected chi connectivity index (χ2v) is 7.17. The third-order valence-corrected chi connectivity index (χ3v) is 5.26. The number of amides is 1. The number of ether oxygens (including phenoxy) is 3. The molecule has 0 aliphatic carbocycles. The van der Waals surface area contributed by atoms with E-state index in [1.54, 1.807) is 48.2 Å². The number of hydrogen-bond donors (Lipinski definition) is 1. The predicted molar refractivity (Wildman–Crippen MR) is 107 cm³/mol. The Morgan fingerprint density at radius 2 is 2.07 bits per heavy atom. The molecular weight excluding hydrogens is 394 g/mol. The maximum absolute atomic E-state index is 13.3. The van der Waals surface area contributed by atoms with Crippen LogP contribution in [0.1, 0.15) is 41.9 Å². The van der Waals surface area contributed by atoms with E-state index in [4.69, 9.17) is 14.2 Å². The van der Waals surface area contributed by atoms with Crippen molar-refractivity contribution in [3.63, 3.8) is 0 Å². The van der Waals surface area contributed by atoms with E-state index < -0.39 is 12.8 Å². The van der Waals surface area contributed by atoms with E-state index in [1.807, 2.05) is 6.07 Å². The van der Waals surface area contributed by atoms with Crippen LogP contribution in [-0.4, -0.2) is 43.3 Å². The summed E-state index contributed by atoms with van der Waals surface area (Å²) in [7, 11) is 0. The molecule has 2 aromatic rings. The number of alkyl halides is 2. The quantitative estimate of drug-likeness (QED) is 0.721. The lowest BCUT2D eigenvalue weighted by molar-refractivity contribution is -0.0527. The average molecular weight is 418 g/mol. The van der Waals surface area contributed by atoms with Crippen molar-refractivity contribution >= 4 is 11.6 Å². The number of carbonyl (C=O) groups is 1. The fraction of sp³-hybridized carbons (Fsp3) is 0.409. The fourth-order valence-corrected chi connectivity index (χ4v) is 3.97. The maximum atomic E-state index is 13.3. The van der Waals surface area contributed by atoms with Crippen molar-refractivity contribution in [2.24, 2.45) is 0 Å². The molecule has 0 spiro atoms. The minimum Gasteiger partial charge on any atom is -0.490 e. The summed E-state index contributed by atoms with van der Waals surface area (Å²) >= 11 is 0. The molecule has 0 saturated carbocycles. The second-order valence-electron chi connectivity index (χ2n) is 7.17. The molecule has 2 heterocycles. The number of fused-ring (bicyclic) bond motifs is 1. The monoisotopic (exact) mass is 418 g/mol. The molecule has 2 aromatic carbocycles. The number of nitrogens with one attached hydrogen (secondary N) is 1. The first-order valence-corrected chi connectivity index (χ1v) is 10.1. The van der Waals surface area contributed by atoms with Crippen molar-refractivity contribution in [2.75, 3.05) is 25.1 Å². The van der Waals surface area contributed by atoms with Gasteiger partial charge in [-0.2, -0.15) is 8.78 Å². The van der Waals surface area contributed by atoms with Crippen molar-refractivity contribution in [1.82, 2.24) is 4.90 Å². The summed E-state index contributed by atoms with van der Waals surface area (Å²) in [5.74, 6) is -0.0495. The first-order chi connectivity index (χ1) is 14.6. The number of anilines is 1. The minimum absolute atomic E-state index is 0.0728. The summed E-state index contributed by atoms with van der Waals surface area (Å²) in [5.41, 5.74) is 1.58. The van der Waals surface area contributed by atoms with Gasteiger partial charge < -0.3 is 24.4 Å². The number of hydrogen-bond acceptors (Lipinski definition) is 5. The molecule has 2 aliphatic rings. The van der Waals surface area contributed by atoms with Gasteiger partial charge >= 0.3 is 6.61 Å². The van der Waals surface area contributed by atoms with E-state index in [2.05, 4.69) is 5.32 Å². The van der Waals surface area contributed by atoms with Crippen LogP contribution in [0.2, 0.25) is 0 Å². The zero-order chi connectivity index (χ0) is 21.1. The first kappa shape index (κ1) is 20.4. The summed E-state index contributed by atoms with van der Waals surface area (Å²) < 4.78 is 42.6. The smallest absolute Gasteiger partial charge is 0.387 e. The summed E-state index contributed by atoms with van der Waals surface area (Å²) in [4.78, 5) is 15.0. The minimum atomic E-state index is -3.02. The third-order valence-electron chi connectivity index (χ3n) is 5.26. The molecule has 1 N–H and O–H groups in total. The highest BCUT2D eigenvalue weighted by Crippen LogP contribution is 2.42. The standard InChI is InChI=1S/C22H24F2N2O4/c1-2-28-18-11-5-9-16(19(18)30-22(23)24)20-25-17-10-4-3-8-15(17)21(27)26(20)13-14-7-6-12-29-14/h3-5,8-11,14,20,22,25H,2,6-7,12-13H2,1H3. The average Bonchev–Trinajstić information content (AvgIpc) is 3.24. The summed E-state index contributed by atoms with van der Waals surface area (Å²) in [6.07, 6.45) is 0.974. The van der Waals surface area contributed by atoms with Crippen LogP contribution < -0.4 is 14.8 Å². The molecule has 1 amide bonds. The Morgan fingerprint density at radius 1 is 1.23 bits per heavy atom. The number of para-hydroxylation sites is 2. The number of halogens is 2. The SMILES string of the molecule is CCOc1cccc(C2Nc3ccccc3C(=O)N2CC2CCCO2)c1OC(F)F. The maximum Gasteiger partial charge on any atom is 0.387 e. The van der Waals surface area contributed by atoms with Gasteiger partial charge in [0, 0.05) is 24.4 Å². The molecule has 1 saturated heterocycles. The van der Waals surface area contributed by atoms with Gasteiger partial charge in [0.05, 0.1) is 18.3 Å². The Balaban J connectivity index is 1.78. The molecule has 6 nitrogen and oxygen atoms in total. The van der Waals surface area contributed by atoms with Crippen LogP contribution in [0.15, 0.2) is 42.5 Å². The van der Waals surface area contributed by atoms with Gasteiger partial charge in [0.2, 0.25) is 0 Å². The van der Waals surface area contributed by atoms with E-state index >= 15 is 0 Å². The van der Waals surface area contributed by atoms with Crippen LogP contribution in [-0.2, 0) is 4.74 Å². The normalized spacial score (nSPS) is 20.8. The second kappa shape index (κ2) is 8.87. The van der Waals surface area contributed by atoms with Gasteiger partial charge in [0.15, 0.2) is 11.5 Å². The van der Waals surface area contributed by atoms with E-state index in [1.165, 1.54) is 0 Å². The molecule has 30 heavy (non-hydrogen) atoms. The highest BCUT2D eigenvalue weighted by molar-refractivity contribution is 6.01. The lowest BCUT2D eigenvalue weighted by Gasteiger charge is -2.39. The molecular formula is C22H24F2N2O4. The first-order valence-electron chi connectivity index (χ1n) is 10.1. The Hall–Kier alpha value is -2.87. The molecule has 2 atom stereocenters. The van der Waals surface area contributed by atoms with Crippen molar-refractivity contribution in [3.05, 3.63) is 53.6 Å². The Bertz CT molecular complexity index is 902. The van der Waals surface area contributed by atoms with Crippen LogP contribution in [0.25, 0.3) is 0 Å². The number of carbonyl (C=O) groups excluding carboxylic acids is 1. The Morgan fingerprint density at radius 3 is 2.80 bits per heavy atom. The fourth-order valence-electron chi connectivity index (χ4n) is 3.97. The van der Waals surface area contributed by atoms with Crippen molar-refractivity contribution in [2.45, 2.75) is 38.6 Å². The van der Waals surface area contributed by atoms with Crippen molar-refractivity contribution in [1.29, 1.82) is 0 Å². The number of benzene rings is 2. The molecule has 0 radical (unpaired) electrons. The van der Waals surface area contributed by atoms with Gasteiger partial charge in [0.25, 0.3) is 5.91 Å². The lowest BCUT2D eigenvalue weighted by atomic mass is 10.0. The van der Waals surface area contributed by atoms with E-state index in [0.717, 1.165) is 12.8 Å². The van der Waals surface area contributed by atoms with Gasteiger partial charge in [-0.3, -0.25) is 4.79 Å². The van der Waals surface area contributed by atoms with Crippen LogP contribution in [0, 0.1) is 0 Å². The molecule has 2 aliphatic heterocycles. The molecule has 0 aromatic heterocycles. The van der Waals surface area contributed by atoms with Gasteiger partial charge in [-0.05, 0) is 38.0 Å². The van der Waals surface area contributed by atoms with Gasteiger partial charge in [-0.25, -0.2) is 0 Å².